The maximum Gasteiger partial charge on any atom is 0.265 e. The van der Waals surface area contributed by atoms with Crippen LogP contribution in [0.25, 0.3) is 6.08 Å². The van der Waals surface area contributed by atoms with Crippen LogP contribution in [0, 0.1) is 20.8 Å². The van der Waals surface area contributed by atoms with Crippen LogP contribution in [0.5, 0.6) is 0 Å². The van der Waals surface area contributed by atoms with Crippen LogP contribution in [0.15, 0.2) is 94.7 Å². The van der Waals surface area contributed by atoms with E-state index < -0.39 is 0 Å². The Morgan fingerprint density at radius 3 is 2.33 bits per heavy atom. The number of aryl methyl sites for hydroxylation is 3. The quantitative estimate of drug-likeness (QED) is 0.216. The lowest BCUT2D eigenvalue weighted by Gasteiger charge is -2.37. The number of hydrogen-bond acceptors (Lipinski definition) is 4. The number of piperazine rings is 1. The first-order chi connectivity index (χ1) is 20.8. The second kappa shape index (κ2) is 12.3. The summed E-state index contributed by atoms with van der Waals surface area (Å²) in [4.78, 5) is 34.9. The molecule has 0 aromatic heterocycles. The fourth-order valence-electron chi connectivity index (χ4n) is 5.69. The minimum Gasteiger partial charge on any atom is -0.368 e. The summed E-state index contributed by atoms with van der Waals surface area (Å²) in [6, 6.07) is 27.9. The van der Waals surface area contributed by atoms with Gasteiger partial charge in [-0.3, -0.25) is 9.59 Å². The van der Waals surface area contributed by atoms with E-state index in [9.17, 15) is 9.59 Å². The van der Waals surface area contributed by atoms with Gasteiger partial charge in [0.2, 0.25) is 0 Å². The van der Waals surface area contributed by atoms with Gasteiger partial charge >= 0.3 is 0 Å². The van der Waals surface area contributed by atoms with Crippen molar-refractivity contribution in [1.82, 2.24) is 4.90 Å². The molecule has 43 heavy (non-hydrogen) atoms. The molecule has 4 aromatic carbocycles. The van der Waals surface area contributed by atoms with Gasteiger partial charge in [0.1, 0.15) is 0 Å². The average molecular weight is 608 g/mol. The smallest absolute Gasteiger partial charge is 0.265 e. The topological polar surface area (TPSA) is 43.9 Å². The average Bonchev–Trinajstić information content (AvgIpc) is 3.02. The van der Waals surface area contributed by atoms with Crippen molar-refractivity contribution in [3.8, 4) is 0 Å². The Kier molecular flexibility index (Phi) is 8.33. The third-order valence-corrected chi connectivity index (χ3v) is 9.51. The summed E-state index contributed by atoms with van der Waals surface area (Å²) in [6.07, 6.45) is 1.93. The van der Waals surface area contributed by atoms with E-state index in [1.807, 2.05) is 76.5 Å². The number of halogens is 1. The zero-order valence-electron chi connectivity index (χ0n) is 24.6. The molecule has 2 aliphatic rings. The van der Waals surface area contributed by atoms with Gasteiger partial charge in [-0.1, -0.05) is 77.5 Å². The van der Waals surface area contributed by atoms with E-state index in [0.717, 1.165) is 45.5 Å². The molecule has 0 atom stereocenters. The molecular formula is C36H34ClN3O2S. The van der Waals surface area contributed by atoms with Crippen LogP contribution in [-0.4, -0.2) is 42.9 Å². The highest BCUT2D eigenvalue weighted by atomic mass is 35.5. The van der Waals surface area contributed by atoms with Gasteiger partial charge in [0.25, 0.3) is 11.8 Å². The number of rotatable bonds is 5. The second-order valence-electron chi connectivity index (χ2n) is 11.2. The van der Waals surface area contributed by atoms with E-state index in [1.165, 1.54) is 28.5 Å². The number of carbonyl (C=O) groups excluding carboxylic acids is 2. The number of nitrogens with zero attached hydrogens (tertiary/aromatic N) is 3. The molecular weight excluding hydrogens is 574 g/mol. The van der Waals surface area contributed by atoms with Crippen molar-refractivity contribution in [2.45, 2.75) is 32.2 Å². The molecule has 6 rings (SSSR count). The number of benzene rings is 4. The van der Waals surface area contributed by atoms with E-state index in [0.29, 0.717) is 30.1 Å². The van der Waals surface area contributed by atoms with Crippen molar-refractivity contribution < 1.29 is 9.59 Å². The lowest BCUT2D eigenvalue weighted by molar-refractivity contribution is -0.114. The number of anilines is 2. The largest absolute Gasteiger partial charge is 0.368 e. The minimum absolute atomic E-state index is 0.0161. The Balaban J connectivity index is 1.17. The Hall–Kier alpha value is -4.00. The molecule has 0 unspecified atom stereocenters. The van der Waals surface area contributed by atoms with E-state index in [-0.39, 0.29) is 11.8 Å². The molecule has 4 aromatic rings. The van der Waals surface area contributed by atoms with Gasteiger partial charge < -0.3 is 14.7 Å². The predicted molar refractivity (Wildman–Crippen MR) is 178 cm³/mol. The molecule has 1 fully saturated rings. The fraction of sp³-hybridized carbons (Fsp3) is 0.222. The highest BCUT2D eigenvalue weighted by molar-refractivity contribution is 8.04. The van der Waals surface area contributed by atoms with Gasteiger partial charge in [-0.25, -0.2) is 0 Å². The molecule has 2 heterocycles. The Morgan fingerprint density at radius 2 is 1.56 bits per heavy atom. The normalized spacial score (nSPS) is 16.0. The predicted octanol–water partition coefficient (Wildman–Crippen LogP) is 7.91. The van der Waals surface area contributed by atoms with Crippen molar-refractivity contribution in [2.24, 2.45) is 0 Å². The van der Waals surface area contributed by atoms with Crippen LogP contribution in [-0.2, 0) is 11.3 Å². The van der Waals surface area contributed by atoms with Crippen LogP contribution in [0.3, 0.4) is 0 Å². The van der Waals surface area contributed by atoms with Crippen molar-refractivity contribution in [3.63, 3.8) is 0 Å². The van der Waals surface area contributed by atoms with Crippen molar-refractivity contribution in [1.29, 1.82) is 0 Å². The summed E-state index contributed by atoms with van der Waals surface area (Å²) in [7, 11) is 0. The SMILES string of the molecule is Cc1ccc(C)c(CN2C(=O)C(=Cc3ccc(C(=O)N4CCN(c5cc(Cl)ccc5C)CC4)cc3)Sc3ccccc32)c1. The molecule has 2 aliphatic heterocycles. The highest BCUT2D eigenvalue weighted by Crippen LogP contribution is 2.43. The zero-order valence-corrected chi connectivity index (χ0v) is 26.2. The first-order valence-electron chi connectivity index (χ1n) is 14.5. The molecule has 0 saturated carbocycles. The van der Waals surface area contributed by atoms with Gasteiger partial charge in [-0.15, -0.1) is 0 Å². The molecule has 7 heteroatoms. The Bertz CT molecular complexity index is 1730. The number of fused-ring (bicyclic) bond motifs is 1. The molecule has 5 nitrogen and oxygen atoms in total. The summed E-state index contributed by atoms with van der Waals surface area (Å²) in [5.74, 6) is 0.0102. The third-order valence-electron chi connectivity index (χ3n) is 8.20. The first kappa shape index (κ1) is 29.1. The van der Waals surface area contributed by atoms with Crippen molar-refractivity contribution in [2.75, 3.05) is 36.0 Å². The minimum atomic E-state index is -0.0161. The number of amides is 2. The standard InChI is InChI=1S/C36H34ClN3O2S/c1-24-8-9-25(2)29(20-24)23-40-31-6-4-5-7-33(31)43-34(36(40)42)21-27-11-13-28(14-12-27)35(41)39-18-16-38(17-19-39)32-22-30(37)15-10-26(32)3/h4-15,20-22H,16-19,23H2,1-3H3. The lowest BCUT2D eigenvalue weighted by atomic mass is 10.0. The van der Waals surface area contributed by atoms with Crippen LogP contribution < -0.4 is 9.80 Å². The molecule has 0 spiro atoms. The third kappa shape index (κ3) is 6.22. The summed E-state index contributed by atoms with van der Waals surface area (Å²) < 4.78 is 0. The molecule has 0 aliphatic carbocycles. The summed E-state index contributed by atoms with van der Waals surface area (Å²) in [5, 5.41) is 0.723. The van der Waals surface area contributed by atoms with Crippen LogP contribution in [0.1, 0.15) is 38.2 Å². The number of carbonyl (C=O) groups is 2. The summed E-state index contributed by atoms with van der Waals surface area (Å²) in [5.41, 5.74) is 8.27. The number of para-hydroxylation sites is 1. The maximum atomic E-state index is 13.8. The van der Waals surface area contributed by atoms with Gasteiger partial charge in [-0.05, 0) is 85.5 Å². The maximum absolute atomic E-state index is 13.8. The molecule has 0 bridgehead atoms. The Morgan fingerprint density at radius 1 is 0.837 bits per heavy atom. The molecule has 0 N–H and O–H groups in total. The number of thioether (sulfide) groups is 1. The summed E-state index contributed by atoms with van der Waals surface area (Å²) in [6.45, 7) is 9.58. The van der Waals surface area contributed by atoms with Gasteiger partial charge in [0, 0.05) is 47.3 Å². The van der Waals surface area contributed by atoms with Crippen molar-refractivity contribution in [3.05, 3.63) is 128 Å². The van der Waals surface area contributed by atoms with Gasteiger partial charge in [-0.2, -0.15) is 0 Å². The first-order valence-corrected chi connectivity index (χ1v) is 15.7. The van der Waals surface area contributed by atoms with Crippen LogP contribution in [0.4, 0.5) is 11.4 Å². The van der Waals surface area contributed by atoms with E-state index in [4.69, 9.17) is 11.6 Å². The fourth-order valence-corrected chi connectivity index (χ4v) is 6.91. The molecule has 2 amide bonds. The van der Waals surface area contributed by atoms with E-state index in [1.54, 1.807) is 0 Å². The highest BCUT2D eigenvalue weighted by Gasteiger charge is 2.29. The van der Waals surface area contributed by atoms with Gasteiger partial charge in [0.05, 0.1) is 17.1 Å². The lowest BCUT2D eigenvalue weighted by Crippen LogP contribution is -2.49. The monoisotopic (exact) mass is 607 g/mol. The molecule has 0 radical (unpaired) electrons. The van der Waals surface area contributed by atoms with Crippen molar-refractivity contribution >= 4 is 52.6 Å². The Labute approximate surface area is 262 Å². The van der Waals surface area contributed by atoms with E-state index >= 15 is 0 Å². The van der Waals surface area contributed by atoms with Crippen LogP contribution in [0.2, 0.25) is 5.02 Å². The molecule has 1 saturated heterocycles. The van der Waals surface area contributed by atoms with Crippen LogP contribution >= 0.6 is 23.4 Å². The van der Waals surface area contributed by atoms with Gasteiger partial charge in [0.15, 0.2) is 0 Å². The summed E-state index contributed by atoms with van der Waals surface area (Å²) >= 11 is 7.73. The second-order valence-corrected chi connectivity index (χ2v) is 12.8. The number of hydrogen-bond donors (Lipinski definition) is 0. The van der Waals surface area contributed by atoms with E-state index in [2.05, 4.69) is 49.9 Å². The molecule has 218 valence electrons. The zero-order chi connectivity index (χ0) is 30.1.